The lowest BCUT2D eigenvalue weighted by Crippen LogP contribution is -2.28. The van der Waals surface area contributed by atoms with Crippen molar-refractivity contribution in [1.82, 2.24) is 5.32 Å². The predicted molar refractivity (Wildman–Crippen MR) is 72.1 cm³/mol. The van der Waals surface area contributed by atoms with Crippen LogP contribution in [0, 0.1) is 6.92 Å². The predicted octanol–water partition coefficient (Wildman–Crippen LogP) is 1.39. The number of hydrogen-bond donors (Lipinski definition) is 1. The molecule has 1 aromatic rings. The minimum atomic E-state index is -3.77. The van der Waals surface area contributed by atoms with Crippen LogP contribution in [0.4, 0.5) is 0 Å². The molecule has 1 N–H and O–H groups in total. The van der Waals surface area contributed by atoms with Gasteiger partial charge in [-0.15, -0.1) is 0 Å². The first-order valence-electron chi connectivity index (χ1n) is 5.73. The van der Waals surface area contributed by atoms with Crippen LogP contribution in [0.15, 0.2) is 41.3 Å². The van der Waals surface area contributed by atoms with Crippen LogP contribution in [0.25, 0.3) is 0 Å². The molecule has 0 aliphatic carbocycles. The molecule has 0 heterocycles. The standard InChI is InChI=1S/C13H17NO4S/c1-10(2)13(15)14-8-9-18-19(16,17)12-6-4-11(3)5-7-12/h4-7H,1,8-9H2,2-3H3,(H,14,15). The number of rotatable bonds is 6. The number of amides is 1. The molecule has 0 unspecified atom stereocenters. The minimum absolute atomic E-state index is 0.101. The molecule has 0 saturated heterocycles. The molecule has 6 heteroatoms. The maximum absolute atomic E-state index is 11.8. The van der Waals surface area contributed by atoms with Gasteiger partial charge in [-0.25, -0.2) is 0 Å². The van der Waals surface area contributed by atoms with Gasteiger partial charge in [0.1, 0.15) is 0 Å². The van der Waals surface area contributed by atoms with E-state index in [1.165, 1.54) is 12.1 Å². The summed E-state index contributed by atoms with van der Waals surface area (Å²) in [4.78, 5) is 11.3. The van der Waals surface area contributed by atoms with Gasteiger partial charge in [0.15, 0.2) is 0 Å². The second kappa shape index (κ2) is 6.49. The number of benzene rings is 1. The molecular weight excluding hydrogens is 266 g/mol. The third-order valence-corrected chi connectivity index (χ3v) is 3.65. The Kier molecular flexibility index (Phi) is 5.26. The van der Waals surface area contributed by atoms with Gasteiger partial charge in [-0.05, 0) is 26.0 Å². The van der Waals surface area contributed by atoms with Crippen molar-refractivity contribution in [3.8, 4) is 0 Å². The van der Waals surface area contributed by atoms with Crippen LogP contribution >= 0.6 is 0 Å². The van der Waals surface area contributed by atoms with Gasteiger partial charge in [-0.3, -0.25) is 8.98 Å². The molecule has 0 spiro atoms. The average Bonchev–Trinajstić information content (AvgIpc) is 2.34. The van der Waals surface area contributed by atoms with Crippen molar-refractivity contribution in [2.24, 2.45) is 0 Å². The van der Waals surface area contributed by atoms with Gasteiger partial charge in [0.25, 0.3) is 10.1 Å². The van der Waals surface area contributed by atoms with Crippen molar-refractivity contribution < 1.29 is 17.4 Å². The zero-order valence-electron chi connectivity index (χ0n) is 11.0. The van der Waals surface area contributed by atoms with E-state index in [0.717, 1.165) is 5.56 Å². The molecule has 0 aliphatic rings. The van der Waals surface area contributed by atoms with E-state index in [0.29, 0.717) is 5.57 Å². The van der Waals surface area contributed by atoms with Gasteiger partial charge in [0.05, 0.1) is 11.5 Å². The fraction of sp³-hybridized carbons (Fsp3) is 0.308. The highest BCUT2D eigenvalue weighted by molar-refractivity contribution is 7.86. The Hall–Kier alpha value is -1.66. The van der Waals surface area contributed by atoms with Crippen LogP contribution in [0.5, 0.6) is 0 Å². The molecule has 0 aliphatic heterocycles. The van der Waals surface area contributed by atoms with Gasteiger partial charge in [-0.1, -0.05) is 24.3 Å². The van der Waals surface area contributed by atoms with Crippen molar-refractivity contribution in [3.63, 3.8) is 0 Å². The van der Waals surface area contributed by atoms with E-state index in [-0.39, 0.29) is 24.0 Å². The van der Waals surface area contributed by atoms with Crippen molar-refractivity contribution in [2.45, 2.75) is 18.7 Å². The highest BCUT2D eigenvalue weighted by Gasteiger charge is 2.14. The van der Waals surface area contributed by atoms with Crippen LogP contribution in [0.1, 0.15) is 12.5 Å². The molecule has 0 fully saturated rings. The van der Waals surface area contributed by atoms with Crippen molar-refractivity contribution in [3.05, 3.63) is 42.0 Å². The molecule has 1 amide bonds. The lowest BCUT2D eigenvalue weighted by Gasteiger charge is -2.07. The Bertz CT molecular complexity index is 561. The summed E-state index contributed by atoms with van der Waals surface area (Å²) in [5.41, 5.74) is 1.33. The molecule has 19 heavy (non-hydrogen) atoms. The van der Waals surface area contributed by atoms with E-state index >= 15 is 0 Å². The Balaban J connectivity index is 2.50. The van der Waals surface area contributed by atoms with Crippen LogP contribution in [-0.2, 0) is 19.1 Å². The van der Waals surface area contributed by atoms with Gasteiger partial charge < -0.3 is 5.32 Å². The van der Waals surface area contributed by atoms with E-state index in [1.54, 1.807) is 19.1 Å². The van der Waals surface area contributed by atoms with Gasteiger partial charge in [0.2, 0.25) is 5.91 Å². The molecule has 0 bridgehead atoms. The largest absolute Gasteiger partial charge is 0.350 e. The second-order valence-electron chi connectivity index (χ2n) is 4.13. The fourth-order valence-corrected chi connectivity index (χ4v) is 2.15. The third-order valence-electron chi connectivity index (χ3n) is 2.32. The molecule has 104 valence electrons. The lowest BCUT2D eigenvalue weighted by molar-refractivity contribution is -0.117. The summed E-state index contributed by atoms with van der Waals surface area (Å²) in [7, 11) is -3.77. The molecule has 5 nitrogen and oxygen atoms in total. The molecular formula is C13H17NO4S. The van der Waals surface area contributed by atoms with Gasteiger partial charge in [0, 0.05) is 12.1 Å². The molecule has 1 rings (SSSR count). The average molecular weight is 283 g/mol. The van der Waals surface area contributed by atoms with E-state index in [9.17, 15) is 13.2 Å². The maximum atomic E-state index is 11.8. The molecule has 1 aromatic carbocycles. The summed E-state index contributed by atoms with van der Waals surface area (Å²) in [6, 6.07) is 6.35. The quantitative estimate of drug-likeness (QED) is 0.486. The minimum Gasteiger partial charge on any atom is -0.350 e. The van der Waals surface area contributed by atoms with Crippen LogP contribution in [0.2, 0.25) is 0 Å². The summed E-state index contributed by atoms with van der Waals surface area (Å²) >= 11 is 0. The van der Waals surface area contributed by atoms with E-state index in [4.69, 9.17) is 4.18 Å². The van der Waals surface area contributed by atoms with Crippen LogP contribution < -0.4 is 5.32 Å². The normalized spacial score (nSPS) is 11.1. The topological polar surface area (TPSA) is 72.5 Å². The monoisotopic (exact) mass is 283 g/mol. The Morgan fingerprint density at radius 2 is 1.89 bits per heavy atom. The highest BCUT2D eigenvalue weighted by atomic mass is 32.2. The maximum Gasteiger partial charge on any atom is 0.297 e. The van der Waals surface area contributed by atoms with Crippen LogP contribution in [0.3, 0.4) is 0 Å². The molecule has 0 atom stereocenters. The van der Waals surface area contributed by atoms with E-state index < -0.39 is 10.1 Å². The zero-order valence-corrected chi connectivity index (χ0v) is 11.8. The number of nitrogens with one attached hydrogen (secondary N) is 1. The van der Waals surface area contributed by atoms with Crippen molar-refractivity contribution >= 4 is 16.0 Å². The van der Waals surface area contributed by atoms with E-state index in [2.05, 4.69) is 11.9 Å². The van der Waals surface area contributed by atoms with Gasteiger partial charge in [-0.2, -0.15) is 8.42 Å². The number of hydrogen-bond acceptors (Lipinski definition) is 4. The number of carbonyl (C=O) groups excluding carboxylic acids is 1. The third kappa shape index (κ3) is 4.84. The zero-order chi connectivity index (χ0) is 14.5. The molecule has 0 saturated carbocycles. The van der Waals surface area contributed by atoms with Crippen molar-refractivity contribution in [1.29, 1.82) is 0 Å². The first-order valence-corrected chi connectivity index (χ1v) is 7.13. The lowest BCUT2D eigenvalue weighted by atomic mass is 10.2. The molecule has 0 aromatic heterocycles. The first kappa shape index (κ1) is 15.4. The van der Waals surface area contributed by atoms with Gasteiger partial charge >= 0.3 is 0 Å². The summed E-state index contributed by atoms with van der Waals surface area (Å²) in [6.07, 6.45) is 0. The SMILES string of the molecule is C=C(C)C(=O)NCCOS(=O)(=O)c1ccc(C)cc1. The van der Waals surface area contributed by atoms with Crippen molar-refractivity contribution in [2.75, 3.05) is 13.2 Å². The second-order valence-corrected chi connectivity index (χ2v) is 5.74. The smallest absolute Gasteiger partial charge is 0.297 e. The number of aryl methyl sites for hydroxylation is 1. The Morgan fingerprint density at radius 3 is 2.42 bits per heavy atom. The summed E-state index contributed by atoms with van der Waals surface area (Å²) in [5.74, 6) is -0.323. The Labute approximate surface area is 113 Å². The first-order chi connectivity index (χ1) is 8.83. The molecule has 0 radical (unpaired) electrons. The summed E-state index contributed by atoms with van der Waals surface area (Å²) < 4.78 is 28.4. The summed E-state index contributed by atoms with van der Waals surface area (Å²) in [5, 5.41) is 2.49. The Morgan fingerprint density at radius 1 is 1.32 bits per heavy atom. The fourth-order valence-electron chi connectivity index (χ4n) is 1.24. The highest BCUT2D eigenvalue weighted by Crippen LogP contribution is 2.12. The number of carbonyl (C=O) groups is 1. The van der Waals surface area contributed by atoms with Crippen LogP contribution in [-0.4, -0.2) is 27.5 Å². The van der Waals surface area contributed by atoms with E-state index in [1.807, 2.05) is 6.92 Å². The summed E-state index contributed by atoms with van der Waals surface area (Å²) in [6.45, 7) is 6.89.